The molecule has 3 aromatic carbocycles. The number of nitro groups is 1. The molecule has 0 aliphatic rings. The Hall–Kier alpha value is -4.33. The lowest BCUT2D eigenvalue weighted by atomic mass is 10.1. The molecule has 156 valence electrons. The van der Waals surface area contributed by atoms with E-state index in [1.807, 2.05) is 0 Å². The molecule has 3 rings (SSSR count). The normalized spacial score (nSPS) is 11.3. The third-order valence-electron chi connectivity index (χ3n) is 4.42. The molecule has 1 N–H and O–H groups in total. The van der Waals surface area contributed by atoms with Gasteiger partial charge in [0.15, 0.2) is 5.78 Å². The van der Waals surface area contributed by atoms with Crippen molar-refractivity contribution in [3.63, 3.8) is 0 Å². The van der Waals surface area contributed by atoms with Crippen molar-refractivity contribution >= 4 is 29.0 Å². The molecule has 1 amide bonds. The standard InChI is InChI=1S/C23H18N2O6/c1-15(26)17-10-7-11-18(14-17)24-22(27)21(16-8-3-2-4-9-16)31-23(28)19-12-5-6-13-20(19)25(29)30/h2-14,21H,1H3,(H,24,27). The van der Waals surface area contributed by atoms with Crippen LogP contribution in [0.1, 0.15) is 39.3 Å². The molecule has 0 saturated carbocycles. The van der Waals surface area contributed by atoms with Gasteiger partial charge in [-0.05, 0) is 25.1 Å². The molecule has 8 nitrogen and oxygen atoms in total. The Morgan fingerprint density at radius 3 is 2.29 bits per heavy atom. The number of carbonyl (C=O) groups excluding carboxylic acids is 3. The van der Waals surface area contributed by atoms with E-state index in [2.05, 4.69) is 5.32 Å². The second-order valence-electron chi connectivity index (χ2n) is 6.60. The quantitative estimate of drug-likeness (QED) is 0.264. The predicted molar refractivity (Wildman–Crippen MR) is 113 cm³/mol. The van der Waals surface area contributed by atoms with E-state index in [-0.39, 0.29) is 11.3 Å². The molecule has 0 spiro atoms. The van der Waals surface area contributed by atoms with Crippen molar-refractivity contribution in [1.82, 2.24) is 0 Å². The largest absolute Gasteiger partial charge is 0.443 e. The second kappa shape index (κ2) is 9.45. The Morgan fingerprint density at radius 2 is 1.61 bits per heavy atom. The number of benzene rings is 3. The van der Waals surface area contributed by atoms with Gasteiger partial charge < -0.3 is 10.1 Å². The highest BCUT2D eigenvalue weighted by molar-refractivity contribution is 6.00. The van der Waals surface area contributed by atoms with Crippen LogP contribution in [0.2, 0.25) is 0 Å². The Labute approximate surface area is 177 Å². The number of nitro benzene ring substituents is 1. The van der Waals surface area contributed by atoms with E-state index < -0.39 is 28.6 Å². The topological polar surface area (TPSA) is 116 Å². The number of para-hydroxylation sites is 1. The summed E-state index contributed by atoms with van der Waals surface area (Å²) in [5.41, 5.74) is 0.453. The van der Waals surface area contributed by atoms with Crippen molar-refractivity contribution in [3.05, 3.63) is 106 Å². The van der Waals surface area contributed by atoms with E-state index in [0.717, 1.165) is 0 Å². The fourth-order valence-electron chi connectivity index (χ4n) is 2.90. The highest BCUT2D eigenvalue weighted by atomic mass is 16.6. The maximum absolute atomic E-state index is 13.0. The summed E-state index contributed by atoms with van der Waals surface area (Å²) in [6.45, 7) is 1.41. The molecule has 8 heteroatoms. The summed E-state index contributed by atoms with van der Waals surface area (Å²) < 4.78 is 5.40. The fourth-order valence-corrected chi connectivity index (χ4v) is 2.90. The Balaban J connectivity index is 1.90. The van der Waals surface area contributed by atoms with Crippen molar-refractivity contribution in [2.75, 3.05) is 5.32 Å². The molecule has 0 heterocycles. The van der Waals surface area contributed by atoms with Gasteiger partial charge in [0.2, 0.25) is 6.10 Å². The number of anilines is 1. The van der Waals surface area contributed by atoms with E-state index in [4.69, 9.17) is 4.74 Å². The predicted octanol–water partition coefficient (Wildman–Crippen LogP) is 4.33. The van der Waals surface area contributed by atoms with Crippen molar-refractivity contribution < 1.29 is 24.0 Å². The highest BCUT2D eigenvalue weighted by Crippen LogP contribution is 2.25. The van der Waals surface area contributed by atoms with Crippen LogP contribution in [-0.4, -0.2) is 22.6 Å². The van der Waals surface area contributed by atoms with Crippen LogP contribution >= 0.6 is 0 Å². The first-order valence-electron chi connectivity index (χ1n) is 9.28. The van der Waals surface area contributed by atoms with Crippen molar-refractivity contribution in [3.8, 4) is 0 Å². The summed E-state index contributed by atoms with van der Waals surface area (Å²) >= 11 is 0. The van der Waals surface area contributed by atoms with Crippen LogP contribution in [0.15, 0.2) is 78.9 Å². The minimum absolute atomic E-state index is 0.168. The number of hydrogen-bond acceptors (Lipinski definition) is 6. The van der Waals surface area contributed by atoms with Crippen LogP contribution in [0.5, 0.6) is 0 Å². The Kier molecular flexibility index (Phi) is 6.51. The van der Waals surface area contributed by atoms with Crippen LogP contribution in [-0.2, 0) is 9.53 Å². The minimum atomic E-state index is -1.37. The zero-order valence-electron chi connectivity index (χ0n) is 16.5. The lowest BCUT2D eigenvalue weighted by molar-refractivity contribution is -0.385. The molecule has 31 heavy (non-hydrogen) atoms. The number of hydrogen-bond donors (Lipinski definition) is 1. The molecule has 1 unspecified atom stereocenters. The second-order valence-corrected chi connectivity index (χ2v) is 6.60. The van der Waals surface area contributed by atoms with Gasteiger partial charge in [-0.2, -0.15) is 0 Å². The zero-order valence-corrected chi connectivity index (χ0v) is 16.5. The van der Waals surface area contributed by atoms with E-state index in [9.17, 15) is 24.5 Å². The zero-order chi connectivity index (χ0) is 22.4. The van der Waals surface area contributed by atoms with E-state index in [1.165, 1.54) is 37.3 Å². The first-order valence-corrected chi connectivity index (χ1v) is 9.28. The summed E-state index contributed by atoms with van der Waals surface area (Å²) in [5.74, 6) is -1.84. The van der Waals surface area contributed by atoms with E-state index in [1.54, 1.807) is 48.5 Å². The molecule has 1 atom stereocenters. The van der Waals surface area contributed by atoms with Crippen LogP contribution < -0.4 is 5.32 Å². The van der Waals surface area contributed by atoms with Crippen LogP contribution in [0.25, 0.3) is 0 Å². The minimum Gasteiger partial charge on any atom is -0.443 e. The van der Waals surface area contributed by atoms with Crippen molar-refractivity contribution in [1.29, 1.82) is 0 Å². The highest BCUT2D eigenvalue weighted by Gasteiger charge is 2.29. The molecule has 0 aliphatic carbocycles. The van der Waals surface area contributed by atoms with Crippen LogP contribution in [0.3, 0.4) is 0 Å². The molecule has 0 bridgehead atoms. The first kappa shape index (κ1) is 21.4. The maximum atomic E-state index is 13.0. The van der Waals surface area contributed by atoms with Gasteiger partial charge in [-0.1, -0.05) is 54.6 Å². The molecule has 0 aromatic heterocycles. The summed E-state index contributed by atoms with van der Waals surface area (Å²) in [6, 6.07) is 19.9. The van der Waals surface area contributed by atoms with E-state index >= 15 is 0 Å². The summed E-state index contributed by atoms with van der Waals surface area (Å²) in [6.07, 6.45) is -1.37. The number of Topliss-reactive ketones (excluding diaryl/α,β-unsaturated/α-hetero) is 1. The number of nitrogens with one attached hydrogen (secondary N) is 1. The van der Waals surface area contributed by atoms with Gasteiger partial charge in [0.05, 0.1) is 4.92 Å². The number of esters is 1. The van der Waals surface area contributed by atoms with E-state index in [0.29, 0.717) is 16.8 Å². The lowest BCUT2D eigenvalue weighted by Crippen LogP contribution is -2.26. The van der Waals surface area contributed by atoms with Gasteiger partial charge in [0.25, 0.3) is 11.6 Å². The number of rotatable bonds is 7. The Bertz CT molecular complexity index is 1140. The molecular weight excluding hydrogens is 400 g/mol. The van der Waals surface area contributed by atoms with Gasteiger partial charge in [-0.25, -0.2) is 4.79 Å². The maximum Gasteiger partial charge on any atom is 0.346 e. The first-order chi connectivity index (χ1) is 14.9. The molecule has 0 radical (unpaired) electrons. The molecule has 0 saturated heterocycles. The number of nitrogens with zero attached hydrogens (tertiary/aromatic N) is 1. The van der Waals surface area contributed by atoms with Crippen molar-refractivity contribution in [2.24, 2.45) is 0 Å². The van der Waals surface area contributed by atoms with Gasteiger partial charge in [-0.3, -0.25) is 19.7 Å². The summed E-state index contributed by atoms with van der Waals surface area (Å²) in [4.78, 5) is 47.8. The average Bonchev–Trinajstić information content (AvgIpc) is 2.78. The SMILES string of the molecule is CC(=O)c1cccc(NC(=O)C(OC(=O)c2ccccc2[N+](=O)[O-])c2ccccc2)c1. The Morgan fingerprint density at radius 1 is 0.935 bits per heavy atom. The number of ether oxygens (including phenoxy) is 1. The fraction of sp³-hybridized carbons (Fsp3) is 0.0870. The molecular formula is C23H18N2O6. The monoisotopic (exact) mass is 418 g/mol. The van der Waals surface area contributed by atoms with Gasteiger partial charge >= 0.3 is 5.97 Å². The third-order valence-corrected chi connectivity index (χ3v) is 4.42. The third kappa shape index (κ3) is 5.18. The van der Waals surface area contributed by atoms with Gasteiger partial charge in [0, 0.05) is 22.9 Å². The average molecular weight is 418 g/mol. The molecule has 3 aromatic rings. The number of carbonyl (C=O) groups is 3. The smallest absolute Gasteiger partial charge is 0.346 e. The number of ketones is 1. The lowest BCUT2D eigenvalue weighted by Gasteiger charge is -2.18. The van der Waals surface area contributed by atoms with Crippen molar-refractivity contribution in [2.45, 2.75) is 13.0 Å². The number of amides is 1. The van der Waals surface area contributed by atoms with Crippen LogP contribution in [0.4, 0.5) is 11.4 Å². The summed E-state index contributed by atoms with van der Waals surface area (Å²) in [7, 11) is 0. The molecule has 0 aliphatic heterocycles. The van der Waals surface area contributed by atoms with Gasteiger partial charge in [0.1, 0.15) is 5.56 Å². The molecule has 0 fully saturated rings. The summed E-state index contributed by atoms with van der Waals surface area (Å²) in [5, 5.41) is 13.9. The van der Waals surface area contributed by atoms with Gasteiger partial charge in [-0.15, -0.1) is 0 Å². The van der Waals surface area contributed by atoms with Crippen LogP contribution in [0, 0.1) is 10.1 Å².